The molecule has 2 heteroatoms. The summed E-state index contributed by atoms with van der Waals surface area (Å²) in [5.41, 5.74) is 1.60. The highest BCUT2D eigenvalue weighted by Crippen LogP contribution is 2.55. The summed E-state index contributed by atoms with van der Waals surface area (Å²) in [7, 11) is 0. The van der Waals surface area contributed by atoms with Gasteiger partial charge in [0.25, 0.3) is 0 Å². The molecule has 0 aromatic heterocycles. The van der Waals surface area contributed by atoms with Crippen LogP contribution in [-0.4, -0.2) is 12.6 Å². The highest BCUT2D eigenvalue weighted by molar-refractivity contribution is 6.31. The van der Waals surface area contributed by atoms with Crippen molar-refractivity contribution >= 4 is 11.6 Å². The molecule has 1 N–H and O–H groups in total. The summed E-state index contributed by atoms with van der Waals surface area (Å²) in [4.78, 5) is 0. The predicted molar refractivity (Wildman–Crippen MR) is 70.0 cm³/mol. The first-order valence-corrected chi connectivity index (χ1v) is 6.42. The second-order valence-electron chi connectivity index (χ2n) is 5.28. The average Bonchev–Trinajstić information content (AvgIpc) is 2.88. The minimum atomic E-state index is 0.280. The van der Waals surface area contributed by atoms with Crippen molar-refractivity contribution in [2.45, 2.75) is 38.6 Å². The molecule has 1 nitrogen and oxygen atoms in total. The van der Waals surface area contributed by atoms with E-state index in [9.17, 15) is 0 Å². The Labute approximate surface area is 103 Å². The molecule has 1 aliphatic rings. The van der Waals surface area contributed by atoms with Gasteiger partial charge in [-0.3, -0.25) is 0 Å². The van der Waals surface area contributed by atoms with Crippen molar-refractivity contribution < 1.29 is 0 Å². The van der Waals surface area contributed by atoms with E-state index in [1.807, 2.05) is 12.1 Å². The van der Waals surface area contributed by atoms with E-state index in [-0.39, 0.29) is 5.41 Å². The van der Waals surface area contributed by atoms with E-state index in [0.29, 0.717) is 6.04 Å². The van der Waals surface area contributed by atoms with Gasteiger partial charge in [0.1, 0.15) is 0 Å². The zero-order valence-electron chi connectivity index (χ0n) is 10.3. The molecule has 0 heterocycles. The molecular weight excluding hydrogens is 218 g/mol. The zero-order chi connectivity index (χ0) is 11.8. The van der Waals surface area contributed by atoms with Crippen LogP contribution in [0.5, 0.6) is 0 Å². The smallest absolute Gasteiger partial charge is 0.0444 e. The van der Waals surface area contributed by atoms with E-state index in [0.717, 1.165) is 17.5 Å². The van der Waals surface area contributed by atoms with Gasteiger partial charge < -0.3 is 5.32 Å². The van der Waals surface area contributed by atoms with Crippen molar-refractivity contribution in [2.75, 3.05) is 6.54 Å². The fraction of sp³-hybridized carbons (Fsp3) is 0.571. The third-order valence-electron chi connectivity index (χ3n) is 3.69. The molecule has 1 aliphatic carbocycles. The second-order valence-corrected chi connectivity index (χ2v) is 5.68. The minimum Gasteiger partial charge on any atom is -0.314 e. The molecule has 0 spiro atoms. The van der Waals surface area contributed by atoms with Crippen LogP contribution in [0, 0.1) is 5.92 Å². The monoisotopic (exact) mass is 237 g/mol. The standard InChI is InChI=1S/C14H20ClN/c1-10(2)16-9-14(8-11(14)3)12-6-4-5-7-13(12)15/h4-7,10-11,16H,8-9H2,1-3H3. The quantitative estimate of drug-likeness (QED) is 0.844. The van der Waals surface area contributed by atoms with Crippen LogP contribution >= 0.6 is 11.6 Å². The SMILES string of the molecule is CC(C)NCC1(c2ccccc2Cl)CC1C. The van der Waals surface area contributed by atoms with Crippen LogP contribution in [0.25, 0.3) is 0 Å². The number of benzene rings is 1. The third kappa shape index (κ3) is 2.11. The van der Waals surface area contributed by atoms with Crippen LogP contribution in [-0.2, 0) is 5.41 Å². The summed E-state index contributed by atoms with van der Waals surface area (Å²) < 4.78 is 0. The molecule has 1 fully saturated rings. The lowest BCUT2D eigenvalue weighted by molar-refractivity contribution is 0.499. The lowest BCUT2D eigenvalue weighted by Crippen LogP contribution is -2.33. The number of halogens is 1. The first-order chi connectivity index (χ1) is 7.56. The van der Waals surface area contributed by atoms with Crippen LogP contribution in [0.3, 0.4) is 0 Å². The summed E-state index contributed by atoms with van der Waals surface area (Å²) in [6, 6.07) is 8.80. The molecule has 2 rings (SSSR count). The topological polar surface area (TPSA) is 12.0 Å². The first kappa shape index (κ1) is 11.9. The van der Waals surface area contributed by atoms with Crippen LogP contribution in [0.4, 0.5) is 0 Å². The van der Waals surface area contributed by atoms with Crippen molar-refractivity contribution in [1.82, 2.24) is 5.32 Å². The Hall–Kier alpha value is -0.530. The third-order valence-corrected chi connectivity index (χ3v) is 4.02. The Bertz CT molecular complexity index is 375. The summed E-state index contributed by atoms with van der Waals surface area (Å²) in [5, 5.41) is 4.46. The largest absolute Gasteiger partial charge is 0.314 e. The van der Waals surface area contributed by atoms with Gasteiger partial charge in [-0.15, -0.1) is 0 Å². The molecule has 0 aliphatic heterocycles. The number of nitrogens with one attached hydrogen (secondary N) is 1. The van der Waals surface area contributed by atoms with Gasteiger partial charge in [-0.1, -0.05) is 50.6 Å². The van der Waals surface area contributed by atoms with Gasteiger partial charge in [0.2, 0.25) is 0 Å². The van der Waals surface area contributed by atoms with Gasteiger partial charge in [0, 0.05) is 23.0 Å². The molecule has 0 bridgehead atoms. The Morgan fingerprint density at radius 2 is 2.06 bits per heavy atom. The Balaban J connectivity index is 2.20. The maximum atomic E-state index is 6.30. The molecule has 2 atom stereocenters. The number of rotatable bonds is 4. The van der Waals surface area contributed by atoms with Crippen molar-refractivity contribution in [1.29, 1.82) is 0 Å². The van der Waals surface area contributed by atoms with Gasteiger partial charge in [0.15, 0.2) is 0 Å². The molecule has 2 unspecified atom stereocenters. The lowest BCUT2D eigenvalue weighted by Gasteiger charge is -2.21. The molecule has 1 aromatic carbocycles. The van der Waals surface area contributed by atoms with Gasteiger partial charge in [0.05, 0.1) is 0 Å². The van der Waals surface area contributed by atoms with Gasteiger partial charge in [-0.25, -0.2) is 0 Å². The Kier molecular flexibility index (Phi) is 3.27. The van der Waals surface area contributed by atoms with E-state index in [1.165, 1.54) is 12.0 Å². The van der Waals surface area contributed by atoms with Crippen LogP contribution in [0.2, 0.25) is 5.02 Å². The molecule has 0 radical (unpaired) electrons. The van der Waals surface area contributed by atoms with E-state index < -0.39 is 0 Å². The van der Waals surface area contributed by atoms with Crippen LogP contribution < -0.4 is 5.32 Å². The Morgan fingerprint density at radius 1 is 1.44 bits per heavy atom. The minimum absolute atomic E-state index is 0.280. The molecule has 0 amide bonds. The summed E-state index contributed by atoms with van der Waals surface area (Å²) in [5.74, 6) is 0.735. The summed E-state index contributed by atoms with van der Waals surface area (Å²) in [6.45, 7) is 7.72. The first-order valence-electron chi connectivity index (χ1n) is 6.04. The van der Waals surface area contributed by atoms with E-state index in [1.54, 1.807) is 0 Å². The number of hydrogen-bond acceptors (Lipinski definition) is 1. The summed E-state index contributed by atoms with van der Waals surface area (Å²) in [6.07, 6.45) is 1.25. The molecule has 0 saturated heterocycles. The zero-order valence-corrected chi connectivity index (χ0v) is 11.0. The maximum Gasteiger partial charge on any atom is 0.0444 e. The molecule has 1 aromatic rings. The highest BCUT2D eigenvalue weighted by atomic mass is 35.5. The fourth-order valence-corrected chi connectivity index (χ4v) is 2.78. The van der Waals surface area contributed by atoms with Crippen molar-refractivity contribution in [3.63, 3.8) is 0 Å². The molecule has 1 saturated carbocycles. The predicted octanol–water partition coefficient (Wildman–Crippen LogP) is 3.62. The van der Waals surface area contributed by atoms with Gasteiger partial charge in [-0.05, 0) is 24.0 Å². The maximum absolute atomic E-state index is 6.30. The van der Waals surface area contributed by atoms with Crippen molar-refractivity contribution in [2.24, 2.45) is 5.92 Å². The average molecular weight is 238 g/mol. The van der Waals surface area contributed by atoms with Gasteiger partial charge >= 0.3 is 0 Å². The van der Waals surface area contributed by atoms with E-state index >= 15 is 0 Å². The lowest BCUT2D eigenvalue weighted by atomic mass is 9.93. The summed E-state index contributed by atoms with van der Waals surface area (Å²) >= 11 is 6.30. The number of hydrogen-bond donors (Lipinski definition) is 1. The molecular formula is C14H20ClN. The van der Waals surface area contributed by atoms with Crippen LogP contribution in [0.15, 0.2) is 24.3 Å². The van der Waals surface area contributed by atoms with Crippen LogP contribution in [0.1, 0.15) is 32.8 Å². The Morgan fingerprint density at radius 3 is 2.56 bits per heavy atom. The second kappa shape index (κ2) is 4.38. The van der Waals surface area contributed by atoms with Crippen molar-refractivity contribution in [3.8, 4) is 0 Å². The van der Waals surface area contributed by atoms with E-state index in [2.05, 4.69) is 38.2 Å². The van der Waals surface area contributed by atoms with Crippen molar-refractivity contribution in [3.05, 3.63) is 34.9 Å². The highest BCUT2D eigenvalue weighted by Gasteiger charge is 2.52. The molecule has 88 valence electrons. The normalized spacial score (nSPS) is 28.4. The molecule has 16 heavy (non-hydrogen) atoms. The van der Waals surface area contributed by atoms with E-state index in [4.69, 9.17) is 11.6 Å². The van der Waals surface area contributed by atoms with Gasteiger partial charge in [-0.2, -0.15) is 0 Å². The fourth-order valence-electron chi connectivity index (χ4n) is 2.46.